The van der Waals surface area contributed by atoms with Crippen LogP contribution >= 0.6 is 0 Å². The number of nitrogens with one attached hydrogen (secondary N) is 2. The molecule has 3 aromatic heterocycles. The van der Waals surface area contributed by atoms with E-state index in [1.165, 1.54) is 18.2 Å². The molecule has 0 saturated carbocycles. The van der Waals surface area contributed by atoms with Gasteiger partial charge in [-0.2, -0.15) is 5.10 Å². The van der Waals surface area contributed by atoms with E-state index in [1.54, 1.807) is 49.7 Å². The molecular weight excluding hydrogens is 700 g/mol. The second-order valence-electron chi connectivity index (χ2n) is 13.0. The Balaban J connectivity index is 1.05. The number of benzene rings is 4. The van der Waals surface area contributed by atoms with Crippen molar-refractivity contribution in [1.82, 2.24) is 19.7 Å². The maximum absolute atomic E-state index is 13.5. The molecule has 3 N–H and O–H groups in total. The fourth-order valence-corrected chi connectivity index (χ4v) is 6.32. The minimum Gasteiger partial charge on any atom is -0.495 e. The highest BCUT2D eigenvalue weighted by atomic mass is 16.5. The Morgan fingerprint density at radius 1 is 0.836 bits per heavy atom. The first-order valence-electron chi connectivity index (χ1n) is 17.4. The zero-order chi connectivity index (χ0) is 38.5. The average molecular weight is 737 g/mol. The van der Waals surface area contributed by atoms with Gasteiger partial charge in [-0.15, -0.1) is 0 Å². The van der Waals surface area contributed by atoms with Crippen LogP contribution in [0.1, 0.15) is 48.0 Å². The maximum atomic E-state index is 13.5. The number of fused-ring (bicyclic) bond motifs is 2. The molecular formula is C42H36N6O7. The van der Waals surface area contributed by atoms with Crippen LogP contribution in [0.15, 0.2) is 125 Å². The molecule has 0 aliphatic rings. The van der Waals surface area contributed by atoms with Crippen LogP contribution in [0.5, 0.6) is 5.75 Å². The molecule has 0 spiro atoms. The summed E-state index contributed by atoms with van der Waals surface area (Å²) >= 11 is 0. The number of aryl methyl sites for hydroxylation is 1. The van der Waals surface area contributed by atoms with Gasteiger partial charge in [-0.1, -0.05) is 30.3 Å². The van der Waals surface area contributed by atoms with Crippen LogP contribution in [0.3, 0.4) is 0 Å². The second kappa shape index (κ2) is 15.9. The Bertz CT molecular complexity index is 2610. The monoisotopic (exact) mass is 736 g/mol. The summed E-state index contributed by atoms with van der Waals surface area (Å²) in [6, 6.07) is 27.1. The molecule has 0 unspecified atom stereocenters. The first-order valence-corrected chi connectivity index (χ1v) is 17.4. The number of para-hydroxylation sites is 1. The summed E-state index contributed by atoms with van der Waals surface area (Å²) in [4.78, 5) is 57.8. The zero-order valence-electron chi connectivity index (χ0n) is 30.0. The number of amides is 2. The summed E-state index contributed by atoms with van der Waals surface area (Å²) in [6.07, 6.45) is 6.10. The number of carboxylic acid groups (broad SMARTS) is 1. The third-order valence-electron chi connectivity index (χ3n) is 9.17. The van der Waals surface area contributed by atoms with Gasteiger partial charge in [-0.3, -0.25) is 28.9 Å². The Kier molecular flexibility index (Phi) is 10.5. The van der Waals surface area contributed by atoms with Crippen molar-refractivity contribution < 1.29 is 28.6 Å². The van der Waals surface area contributed by atoms with Gasteiger partial charge in [-0.25, -0.2) is 4.79 Å². The smallest absolute Gasteiger partial charge is 0.335 e. The van der Waals surface area contributed by atoms with E-state index in [9.17, 15) is 24.3 Å². The number of hydrogen-bond donors (Lipinski definition) is 3. The zero-order valence-corrected chi connectivity index (χ0v) is 30.0. The number of carbonyl (C=O) groups is 3. The molecule has 0 radical (unpaired) electrons. The average Bonchev–Trinajstić information content (AvgIpc) is 3.56. The van der Waals surface area contributed by atoms with Crippen LogP contribution in [0.2, 0.25) is 0 Å². The van der Waals surface area contributed by atoms with Crippen molar-refractivity contribution in [3.63, 3.8) is 0 Å². The normalized spacial score (nSPS) is 11.2. The predicted molar refractivity (Wildman–Crippen MR) is 208 cm³/mol. The number of pyridine rings is 1. The minimum atomic E-state index is -1.25. The molecule has 0 aliphatic heterocycles. The van der Waals surface area contributed by atoms with Gasteiger partial charge in [0, 0.05) is 50.0 Å². The number of hydrogen-bond acceptors (Lipinski definition) is 9. The topological polar surface area (TPSA) is 169 Å². The summed E-state index contributed by atoms with van der Waals surface area (Å²) < 4.78 is 12.9. The van der Waals surface area contributed by atoms with Gasteiger partial charge >= 0.3 is 5.97 Å². The van der Waals surface area contributed by atoms with Crippen molar-refractivity contribution in [3.05, 3.63) is 159 Å². The third kappa shape index (κ3) is 8.42. The lowest BCUT2D eigenvalue weighted by molar-refractivity contribution is 0.0696. The Hall–Kier alpha value is -7.12. The largest absolute Gasteiger partial charge is 0.495 e. The highest BCUT2D eigenvalue weighted by molar-refractivity contribution is 6.13. The van der Waals surface area contributed by atoms with Gasteiger partial charge in [-0.05, 0) is 83.8 Å². The van der Waals surface area contributed by atoms with Gasteiger partial charge in [0.25, 0.3) is 11.8 Å². The Morgan fingerprint density at radius 2 is 1.62 bits per heavy atom. The van der Waals surface area contributed by atoms with Crippen LogP contribution in [0.4, 0.5) is 11.4 Å². The minimum absolute atomic E-state index is 0.0118. The second-order valence-corrected chi connectivity index (χ2v) is 13.0. The van der Waals surface area contributed by atoms with Gasteiger partial charge in [0.2, 0.25) is 0 Å². The molecule has 0 aliphatic carbocycles. The molecule has 2 amide bonds. The van der Waals surface area contributed by atoms with E-state index in [0.717, 1.165) is 46.6 Å². The van der Waals surface area contributed by atoms with Gasteiger partial charge in [0.15, 0.2) is 11.2 Å². The quantitative estimate of drug-likeness (QED) is 0.118. The van der Waals surface area contributed by atoms with E-state index in [4.69, 9.17) is 9.15 Å². The number of ether oxygens (including phenoxy) is 1. The van der Waals surface area contributed by atoms with Crippen molar-refractivity contribution in [2.24, 2.45) is 7.05 Å². The number of methoxy groups -OCH3 is 1. The molecule has 0 saturated heterocycles. The van der Waals surface area contributed by atoms with E-state index in [0.29, 0.717) is 29.9 Å². The summed E-state index contributed by atoms with van der Waals surface area (Å²) in [7, 11) is 3.54. The molecule has 0 fully saturated rings. The predicted octanol–water partition coefficient (Wildman–Crippen LogP) is 6.53. The van der Waals surface area contributed by atoms with E-state index in [-0.39, 0.29) is 28.2 Å². The molecule has 3 heterocycles. The number of carboxylic acids is 1. The van der Waals surface area contributed by atoms with Crippen molar-refractivity contribution in [2.45, 2.75) is 19.5 Å². The summed E-state index contributed by atoms with van der Waals surface area (Å²) in [5, 5.41) is 20.7. The van der Waals surface area contributed by atoms with Crippen molar-refractivity contribution in [1.29, 1.82) is 0 Å². The first kappa shape index (κ1) is 36.2. The highest BCUT2D eigenvalue weighted by Crippen LogP contribution is 2.23. The molecule has 7 rings (SSSR count). The number of aromatic nitrogens is 3. The Morgan fingerprint density at radius 3 is 2.42 bits per heavy atom. The lowest BCUT2D eigenvalue weighted by atomic mass is 10.1. The number of carbonyl (C=O) groups excluding carboxylic acids is 2. The standard InChI is InChI=1S/C42H36N6O7/c1-47-36-14-9-27(17-30(36)22-44-47)24-48(25-28-18-32(54-2)23-43-21-28)16-15-26-7-11-31(12-8-26)45-40(50)33-13-10-29(42(52)53)19-35(33)46-41(51)39-20-37(49)34-5-3-4-6-38(34)55-39/h3-14,17-23H,15-16,24-25H2,1-2H3,(H,45,50)(H,46,51)(H,52,53). The fraction of sp³-hybridized carbons (Fsp3) is 0.143. The summed E-state index contributed by atoms with van der Waals surface area (Å²) in [5.74, 6) is -2.25. The molecule has 276 valence electrons. The van der Waals surface area contributed by atoms with E-state index in [1.807, 2.05) is 42.3 Å². The molecule has 0 bridgehead atoms. The Labute approximate surface area is 314 Å². The lowest BCUT2D eigenvalue weighted by Crippen LogP contribution is -2.25. The van der Waals surface area contributed by atoms with Gasteiger partial charge in [0.05, 0.1) is 47.2 Å². The van der Waals surface area contributed by atoms with Crippen LogP contribution < -0.4 is 20.8 Å². The van der Waals surface area contributed by atoms with Crippen LogP contribution in [0.25, 0.3) is 21.9 Å². The van der Waals surface area contributed by atoms with E-state index < -0.39 is 23.2 Å². The summed E-state index contributed by atoms with van der Waals surface area (Å²) in [6.45, 7) is 2.07. The van der Waals surface area contributed by atoms with Crippen LogP contribution in [0, 0.1) is 0 Å². The van der Waals surface area contributed by atoms with Crippen LogP contribution in [-0.4, -0.2) is 56.2 Å². The molecule has 55 heavy (non-hydrogen) atoms. The molecule has 13 heteroatoms. The molecule has 7 aromatic rings. The lowest BCUT2D eigenvalue weighted by Gasteiger charge is -2.23. The molecule has 0 atom stereocenters. The van der Waals surface area contributed by atoms with Crippen molar-refractivity contribution in [3.8, 4) is 5.75 Å². The van der Waals surface area contributed by atoms with E-state index >= 15 is 0 Å². The number of nitrogens with zero attached hydrogens (tertiary/aromatic N) is 4. The fourth-order valence-electron chi connectivity index (χ4n) is 6.32. The van der Waals surface area contributed by atoms with E-state index in [2.05, 4.69) is 43.8 Å². The summed E-state index contributed by atoms with van der Waals surface area (Å²) in [5.41, 5.74) is 4.38. The molecule has 13 nitrogen and oxygen atoms in total. The highest BCUT2D eigenvalue weighted by Gasteiger charge is 2.20. The first-order chi connectivity index (χ1) is 26.6. The van der Waals surface area contributed by atoms with Gasteiger partial charge in [0.1, 0.15) is 11.3 Å². The van der Waals surface area contributed by atoms with Gasteiger partial charge < -0.3 is 24.9 Å². The van der Waals surface area contributed by atoms with Crippen LogP contribution in [-0.2, 0) is 26.6 Å². The van der Waals surface area contributed by atoms with Crippen molar-refractivity contribution >= 4 is 51.0 Å². The maximum Gasteiger partial charge on any atom is 0.335 e. The third-order valence-corrected chi connectivity index (χ3v) is 9.17. The SMILES string of the molecule is COc1cncc(CN(CCc2ccc(NC(=O)c3ccc(C(=O)O)cc3NC(=O)c3cc(=O)c4ccccc4o3)cc2)Cc2ccc3c(cnn3C)c2)c1. The number of aromatic carboxylic acids is 1. The number of anilines is 2. The number of rotatable bonds is 13. The van der Waals surface area contributed by atoms with Crippen molar-refractivity contribution in [2.75, 3.05) is 24.3 Å². The molecule has 4 aromatic carbocycles.